The Kier molecular flexibility index (Phi) is 4.18. The largest absolute Gasteiger partial charge is 0.466 e. The van der Waals surface area contributed by atoms with Crippen LogP contribution in [0.1, 0.15) is 4.88 Å². The van der Waals surface area contributed by atoms with Gasteiger partial charge in [-0.3, -0.25) is 0 Å². The van der Waals surface area contributed by atoms with Gasteiger partial charge in [-0.05, 0) is 24.3 Å². The number of esters is 1. The van der Waals surface area contributed by atoms with Gasteiger partial charge < -0.3 is 4.74 Å². The van der Waals surface area contributed by atoms with Crippen molar-refractivity contribution in [1.29, 1.82) is 0 Å². The minimum atomic E-state index is -0.359. The van der Waals surface area contributed by atoms with E-state index in [9.17, 15) is 4.79 Å². The Morgan fingerprint density at radius 3 is 2.78 bits per heavy atom. The van der Waals surface area contributed by atoms with E-state index in [4.69, 9.17) is 11.6 Å². The van der Waals surface area contributed by atoms with Crippen LogP contribution in [-0.2, 0) is 9.53 Å². The Morgan fingerprint density at radius 2 is 2.06 bits per heavy atom. The molecule has 0 atom stereocenters. The maximum absolute atomic E-state index is 11.0. The average Bonchev–Trinajstić information content (AvgIpc) is 2.85. The summed E-state index contributed by atoms with van der Waals surface area (Å²) >= 11 is 7.71. The lowest BCUT2D eigenvalue weighted by atomic mass is 10.2. The van der Waals surface area contributed by atoms with Crippen LogP contribution >= 0.6 is 22.9 Å². The molecule has 2 aromatic rings. The lowest BCUT2D eigenvalue weighted by molar-refractivity contribution is -0.134. The first kappa shape index (κ1) is 12.9. The van der Waals surface area contributed by atoms with Gasteiger partial charge in [-0.15, -0.1) is 11.3 Å². The zero-order valence-corrected chi connectivity index (χ0v) is 11.3. The molecule has 0 spiro atoms. The Hall–Kier alpha value is -1.58. The highest BCUT2D eigenvalue weighted by Crippen LogP contribution is 2.33. The monoisotopic (exact) mass is 278 g/mol. The van der Waals surface area contributed by atoms with Crippen LogP contribution in [0.2, 0.25) is 5.02 Å². The second kappa shape index (κ2) is 5.85. The molecule has 0 unspecified atom stereocenters. The standard InChI is InChI=1S/C14H11ClO2S/c1-17-14(16)9-7-10-6-8-13(18-10)11-4-2-3-5-12(11)15/h2-9H,1H3/b9-7+. The molecule has 92 valence electrons. The predicted octanol–water partition coefficient (Wildman–Crippen LogP) is 4.25. The first-order chi connectivity index (χ1) is 8.70. The highest BCUT2D eigenvalue weighted by Gasteiger charge is 2.05. The average molecular weight is 279 g/mol. The van der Waals surface area contributed by atoms with Crippen molar-refractivity contribution in [3.8, 4) is 10.4 Å². The highest BCUT2D eigenvalue weighted by atomic mass is 35.5. The zero-order chi connectivity index (χ0) is 13.0. The number of benzene rings is 1. The predicted molar refractivity (Wildman–Crippen MR) is 75.8 cm³/mol. The van der Waals surface area contributed by atoms with E-state index in [1.165, 1.54) is 13.2 Å². The molecule has 0 saturated carbocycles. The summed E-state index contributed by atoms with van der Waals surface area (Å²) in [6.07, 6.45) is 3.14. The van der Waals surface area contributed by atoms with Gasteiger partial charge in [0.1, 0.15) is 0 Å². The number of thiophene rings is 1. The molecule has 0 saturated heterocycles. The van der Waals surface area contributed by atoms with Crippen molar-refractivity contribution < 1.29 is 9.53 Å². The van der Waals surface area contributed by atoms with Gasteiger partial charge in [0.2, 0.25) is 0 Å². The van der Waals surface area contributed by atoms with Gasteiger partial charge in [0.15, 0.2) is 0 Å². The van der Waals surface area contributed by atoms with E-state index in [1.54, 1.807) is 17.4 Å². The number of rotatable bonds is 3. The highest BCUT2D eigenvalue weighted by molar-refractivity contribution is 7.16. The van der Waals surface area contributed by atoms with E-state index in [-0.39, 0.29) is 5.97 Å². The van der Waals surface area contributed by atoms with Crippen molar-refractivity contribution in [2.24, 2.45) is 0 Å². The van der Waals surface area contributed by atoms with Crippen molar-refractivity contribution in [3.63, 3.8) is 0 Å². The van der Waals surface area contributed by atoms with Crippen molar-refractivity contribution >= 4 is 35.0 Å². The Morgan fingerprint density at radius 1 is 1.28 bits per heavy atom. The van der Waals surface area contributed by atoms with Gasteiger partial charge in [0.25, 0.3) is 0 Å². The van der Waals surface area contributed by atoms with E-state index in [2.05, 4.69) is 4.74 Å². The minimum Gasteiger partial charge on any atom is -0.466 e. The molecule has 1 aromatic carbocycles. The van der Waals surface area contributed by atoms with Gasteiger partial charge in [-0.1, -0.05) is 29.8 Å². The van der Waals surface area contributed by atoms with Crippen LogP contribution in [0.15, 0.2) is 42.5 Å². The number of halogens is 1. The topological polar surface area (TPSA) is 26.3 Å². The first-order valence-electron chi connectivity index (χ1n) is 5.31. The van der Waals surface area contributed by atoms with Gasteiger partial charge in [0, 0.05) is 26.4 Å². The third-order valence-electron chi connectivity index (χ3n) is 2.35. The van der Waals surface area contributed by atoms with Crippen LogP contribution < -0.4 is 0 Å². The van der Waals surface area contributed by atoms with Crippen LogP contribution in [-0.4, -0.2) is 13.1 Å². The van der Waals surface area contributed by atoms with E-state index in [0.717, 1.165) is 20.3 Å². The fourth-order valence-electron chi connectivity index (χ4n) is 1.47. The first-order valence-corrected chi connectivity index (χ1v) is 6.51. The number of hydrogen-bond acceptors (Lipinski definition) is 3. The third-order valence-corrected chi connectivity index (χ3v) is 3.76. The molecule has 0 bridgehead atoms. The van der Waals surface area contributed by atoms with Crippen molar-refractivity contribution in [1.82, 2.24) is 0 Å². The molecule has 1 heterocycles. The van der Waals surface area contributed by atoms with Crippen molar-refractivity contribution in [2.75, 3.05) is 7.11 Å². The molecule has 4 heteroatoms. The summed E-state index contributed by atoms with van der Waals surface area (Å²) in [4.78, 5) is 13.0. The molecular weight excluding hydrogens is 268 g/mol. The molecule has 2 rings (SSSR count). The fraction of sp³-hybridized carbons (Fsp3) is 0.0714. The number of hydrogen-bond donors (Lipinski definition) is 0. The summed E-state index contributed by atoms with van der Waals surface area (Å²) in [5.74, 6) is -0.359. The molecular formula is C14H11ClO2S. The Balaban J connectivity index is 2.24. The smallest absolute Gasteiger partial charge is 0.330 e. The van der Waals surface area contributed by atoms with Gasteiger partial charge >= 0.3 is 5.97 Å². The summed E-state index contributed by atoms with van der Waals surface area (Å²) < 4.78 is 4.54. The maximum Gasteiger partial charge on any atom is 0.330 e. The molecule has 0 aliphatic rings. The van der Waals surface area contributed by atoms with E-state index >= 15 is 0 Å². The Labute approximate surface area is 114 Å². The number of ether oxygens (including phenoxy) is 1. The minimum absolute atomic E-state index is 0.359. The van der Waals surface area contributed by atoms with Crippen molar-refractivity contribution in [2.45, 2.75) is 0 Å². The van der Waals surface area contributed by atoms with E-state index in [1.807, 2.05) is 36.4 Å². The maximum atomic E-state index is 11.0. The van der Waals surface area contributed by atoms with Crippen molar-refractivity contribution in [3.05, 3.63) is 52.4 Å². The molecule has 0 fully saturated rings. The van der Waals surface area contributed by atoms with Crippen LogP contribution in [0.4, 0.5) is 0 Å². The molecule has 18 heavy (non-hydrogen) atoms. The quantitative estimate of drug-likeness (QED) is 0.619. The molecule has 0 amide bonds. The van der Waals surface area contributed by atoms with Crippen LogP contribution in [0.3, 0.4) is 0 Å². The summed E-state index contributed by atoms with van der Waals surface area (Å²) in [6.45, 7) is 0. The summed E-state index contributed by atoms with van der Waals surface area (Å²) in [5, 5.41) is 0.725. The lowest BCUT2D eigenvalue weighted by Crippen LogP contribution is -1.92. The summed E-state index contributed by atoms with van der Waals surface area (Å²) in [5.41, 5.74) is 1.00. The van der Waals surface area contributed by atoms with Gasteiger partial charge in [0.05, 0.1) is 7.11 Å². The number of carbonyl (C=O) groups is 1. The molecule has 0 aliphatic heterocycles. The van der Waals surface area contributed by atoms with Crippen LogP contribution in [0.5, 0.6) is 0 Å². The lowest BCUT2D eigenvalue weighted by Gasteiger charge is -1.99. The van der Waals surface area contributed by atoms with Crippen LogP contribution in [0, 0.1) is 0 Å². The molecule has 0 radical (unpaired) electrons. The second-order valence-corrected chi connectivity index (χ2v) is 5.06. The Bertz CT molecular complexity index is 587. The van der Waals surface area contributed by atoms with E-state index in [0.29, 0.717) is 0 Å². The normalized spacial score (nSPS) is 10.8. The van der Waals surface area contributed by atoms with Gasteiger partial charge in [-0.25, -0.2) is 4.79 Å². The molecule has 0 aliphatic carbocycles. The second-order valence-electron chi connectivity index (χ2n) is 3.54. The third kappa shape index (κ3) is 3.00. The number of methoxy groups -OCH3 is 1. The molecule has 0 N–H and O–H groups in total. The van der Waals surface area contributed by atoms with Gasteiger partial charge in [-0.2, -0.15) is 0 Å². The van der Waals surface area contributed by atoms with Crippen LogP contribution in [0.25, 0.3) is 16.5 Å². The summed E-state index contributed by atoms with van der Waals surface area (Å²) in [7, 11) is 1.36. The zero-order valence-electron chi connectivity index (χ0n) is 9.72. The SMILES string of the molecule is COC(=O)/C=C/c1ccc(-c2ccccc2Cl)s1. The number of carbonyl (C=O) groups excluding carboxylic acids is 1. The fourth-order valence-corrected chi connectivity index (χ4v) is 2.71. The molecule has 1 aromatic heterocycles. The summed E-state index contributed by atoms with van der Waals surface area (Å²) in [6, 6.07) is 11.6. The van der Waals surface area contributed by atoms with E-state index < -0.39 is 0 Å². The molecule has 2 nitrogen and oxygen atoms in total.